The lowest BCUT2D eigenvalue weighted by molar-refractivity contribution is 0.660. The molecule has 0 atom stereocenters. The Kier molecular flexibility index (Phi) is 3.35. The van der Waals surface area contributed by atoms with E-state index in [2.05, 4.69) is 24.0 Å². The first-order chi connectivity index (χ1) is 11.6. The van der Waals surface area contributed by atoms with Crippen LogP contribution in [0.2, 0.25) is 0 Å². The molecule has 0 saturated carbocycles. The molecule has 0 unspecified atom stereocenters. The van der Waals surface area contributed by atoms with Gasteiger partial charge in [-0.3, -0.25) is 4.79 Å². The Morgan fingerprint density at radius 1 is 0.833 bits per heavy atom. The van der Waals surface area contributed by atoms with Gasteiger partial charge < -0.3 is 9.32 Å². The Hall–Kier alpha value is -3.07. The molecule has 0 spiro atoms. The summed E-state index contributed by atoms with van der Waals surface area (Å²) in [4.78, 5) is 14.7. The maximum atomic E-state index is 12.6. The van der Waals surface area contributed by atoms with Gasteiger partial charge in [-0.05, 0) is 42.8 Å². The van der Waals surface area contributed by atoms with E-state index in [0.717, 1.165) is 11.4 Å². The van der Waals surface area contributed by atoms with Crippen LogP contribution >= 0.6 is 0 Å². The van der Waals surface area contributed by atoms with Gasteiger partial charge >= 0.3 is 0 Å². The van der Waals surface area contributed by atoms with E-state index in [1.54, 1.807) is 6.07 Å². The summed E-state index contributed by atoms with van der Waals surface area (Å²) < 4.78 is 5.96. The van der Waals surface area contributed by atoms with E-state index in [1.165, 1.54) is 5.56 Å². The Labute approximate surface area is 139 Å². The van der Waals surface area contributed by atoms with Gasteiger partial charge in [-0.15, -0.1) is 0 Å². The molecule has 0 radical (unpaired) electrons. The highest BCUT2D eigenvalue weighted by Gasteiger charge is 2.11. The molecule has 3 heteroatoms. The fourth-order valence-electron chi connectivity index (χ4n) is 3.08. The van der Waals surface area contributed by atoms with Gasteiger partial charge in [-0.2, -0.15) is 0 Å². The molecule has 3 aromatic carbocycles. The molecule has 4 rings (SSSR count). The largest absolute Gasteiger partial charge is 0.456 e. The van der Waals surface area contributed by atoms with Crippen LogP contribution in [-0.2, 0) is 0 Å². The van der Waals surface area contributed by atoms with Crippen molar-refractivity contribution >= 4 is 33.3 Å². The molecular weight excluding hydrogens is 298 g/mol. The number of rotatable bonds is 2. The molecular formula is C21H17NO2. The van der Waals surface area contributed by atoms with Gasteiger partial charge in [0.25, 0.3) is 0 Å². The number of nitrogens with zero attached hydrogens (tertiary/aromatic N) is 1. The van der Waals surface area contributed by atoms with E-state index in [-0.39, 0.29) is 5.43 Å². The van der Waals surface area contributed by atoms with E-state index in [1.807, 2.05) is 55.6 Å². The zero-order valence-electron chi connectivity index (χ0n) is 13.6. The highest BCUT2D eigenvalue weighted by atomic mass is 16.3. The van der Waals surface area contributed by atoms with E-state index < -0.39 is 0 Å². The number of hydrogen-bond acceptors (Lipinski definition) is 3. The zero-order chi connectivity index (χ0) is 16.7. The molecule has 3 nitrogen and oxygen atoms in total. The number of para-hydroxylation sites is 2. The molecule has 0 N–H and O–H groups in total. The predicted octanol–water partition coefficient (Wildman–Crippen LogP) is 5.02. The van der Waals surface area contributed by atoms with E-state index in [0.29, 0.717) is 21.9 Å². The molecule has 24 heavy (non-hydrogen) atoms. The van der Waals surface area contributed by atoms with Crippen molar-refractivity contribution < 1.29 is 4.42 Å². The number of fused-ring (bicyclic) bond motifs is 2. The van der Waals surface area contributed by atoms with Crippen LogP contribution in [0.3, 0.4) is 0 Å². The summed E-state index contributed by atoms with van der Waals surface area (Å²) in [7, 11) is 2.02. The van der Waals surface area contributed by atoms with Crippen LogP contribution in [0.1, 0.15) is 5.56 Å². The summed E-state index contributed by atoms with van der Waals surface area (Å²) in [5.41, 5.74) is 4.54. The molecule has 0 aliphatic carbocycles. The summed E-state index contributed by atoms with van der Waals surface area (Å²) in [6.45, 7) is 2.08. The Morgan fingerprint density at radius 2 is 1.54 bits per heavy atom. The summed E-state index contributed by atoms with van der Waals surface area (Å²) in [6, 6.07) is 21.3. The smallest absolute Gasteiger partial charge is 0.200 e. The first-order valence-electron chi connectivity index (χ1n) is 7.90. The average Bonchev–Trinajstić information content (AvgIpc) is 2.61. The molecule has 0 aliphatic heterocycles. The number of aryl methyl sites for hydroxylation is 1. The number of hydrogen-bond donors (Lipinski definition) is 0. The standard InChI is InChI=1S/C21H17NO2/c1-14-7-3-5-9-18(14)22(2)15-11-12-17-20(13-15)24-19-10-6-4-8-16(19)21(17)23/h3-13H,1-2H3. The zero-order valence-corrected chi connectivity index (χ0v) is 13.6. The highest BCUT2D eigenvalue weighted by Crippen LogP contribution is 2.29. The van der Waals surface area contributed by atoms with Gasteiger partial charge in [-0.25, -0.2) is 0 Å². The predicted molar refractivity (Wildman–Crippen MR) is 99.2 cm³/mol. The first-order valence-corrected chi connectivity index (χ1v) is 7.90. The van der Waals surface area contributed by atoms with Crippen LogP contribution in [0.4, 0.5) is 11.4 Å². The average molecular weight is 315 g/mol. The highest BCUT2D eigenvalue weighted by molar-refractivity contribution is 5.91. The second-order valence-electron chi connectivity index (χ2n) is 5.95. The third-order valence-corrected chi connectivity index (χ3v) is 4.43. The van der Waals surface area contributed by atoms with Crippen LogP contribution in [-0.4, -0.2) is 7.05 Å². The van der Waals surface area contributed by atoms with Crippen LogP contribution in [0.25, 0.3) is 21.9 Å². The lowest BCUT2D eigenvalue weighted by atomic mass is 10.1. The Bertz CT molecular complexity index is 1110. The number of benzene rings is 3. The van der Waals surface area contributed by atoms with Gasteiger partial charge in [0.15, 0.2) is 0 Å². The summed E-state index contributed by atoms with van der Waals surface area (Å²) >= 11 is 0. The van der Waals surface area contributed by atoms with Gasteiger partial charge in [0.05, 0.1) is 10.8 Å². The third kappa shape index (κ3) is 2.26. The van der Waals surface area contributed by atoms with Gasteiger partial charge in [0.2, 0.25) is 5.43 Å². The van der Waals surface area contributed by atoms with Crippen molar-refractivity contribution in [2.75, 3.05) is 11.9 Å². The maximum Gasteiger partial charge on any atom is 0.200 e. The molecule has 0 aliphatic rings. The van der Waals surface area contributed by atoms with Crippen molar-refractivity contribution in [3.63, 3.8) is 0 Å². The molecule has 0 bridgehead atoms. The van der Waals surface area contributed by atoms with Crippen LogP contribution < -0.4 is 10.3 Å². The van der Waals surface area contributed by atoms with Crippen molar-refractivity contribution in [1.29, 1.82) is 0 Å². The monoisotopic (exact) mass is 315 g/mol. The van der Waals surface area contributed by atoms with Crippen LogP contribution in [0.5, 0.6) is 0 Å². The van der Waals surface area contributed by atoms with Gasteiger partial charge in [0, 0.05) is 24.5 Å². The van der Waals surface area contributed by atoms with Crippen molar-refractivity contribution in [3.8, 4) is 0 Å². The van der Waals surface area contributed by atoms with Crippen molar-refractivity contribution in [3.05, 3.63) is 82.5 Å². The van der Waals surface area contributed by atoms with Crippen molar-refractivity contribution in [1.82, 2.24) is 0 Å². The van der Waals surface area contributed by atoms with E-state index >= 15 is 0 Å². The van der Waals surface area contributed by atoms with Crippen molar-refractivity contribution in [2.45, 2.75) is 6.92 Å². The lowest BCUT2D eigenvalue weighted by Gasteiger charge is -2.21. The fourth-order valence-corrected chi connectivity index (χ4v) is 3.08. The van der Waals surface area contributed by atoms with Crippen LogP contribution in [0, 0.1) is 6.92 Å². The molecule has 0 amide bonds. The SMILES string of the molecule is Cc1ccccc1N(C)c1ccc2c(=O)c3ccccc3oc2c1. The number of anilines is 2. The second kappa shape index (κ2) is 5.53. The van der Waals surface area contributed by atoms with Gasteiger partial charge in [0.1, 0.15) is 11.2 Å². The van der Waals surface area contributed by atoms with Gasteiger partial charge in [-0.1, -0.05) is 30.3 Å². The molecule has 1 aromatic heterocycles. The molecule has 0 fully saturated rings. The normalized spacial score (nSPS) is 11.1. The summed E-state index contributed by atoms with van der Waals surface area (Å²) in [5.74, 6) is 0. The summed E-state index contributed by atoms with van der Waals surface area (Å²) in [5, 5.41) is 1.22. The quantitative estimate of drug-likeness (QED) is 0.487. The van der Waals surface area contributed by atoms with Crippen LogP contribution in [0.15, 0.2) is 75.9 Å². The molecule has 1 heterocycles. The summed E-state index contributed by atoms with van der Waals surface area (Å²) in [6.07, 6.45) is 0. The topological polar surface area (TPSA) is 33.5 Å². The van der Waals surface area contributed by atoms with E-state index in [9.17, 15) is 4.79 Å². The minimum Gasteiger partial charge on any atom is -0.456 e. The van der Waals surface area contributed by atoms with Crippen molar-refractivity contribution in [2.24, 2.45) is 0 Å². The van der Waals surface area contributed by atoms with E-state index in [4.69, 9.17) is 4.42 Å². The molecule has 118 valence electrons. The Balaban J connectivity index is 1.91. The first kappa shape index (κ1) is 14.5. The third-order valence-electron chi connectivity index (χ3n) is 4.43. The molecule has 4 aromatic rings. The molecule has 0 saturated heterocycles. The maximum absolute atomic E-state index is 12.6. The minimum atomic E-state index is 0.0111. The lowest BCUT2D eigenvalue weighted by Crippen LogP contribution is -2.11. The minimum absolute atomic E-state index is 0.0111. The second-order valence-corrected chi connectivity index (χ2v) is 5.95. The fraction of sp³-hybridized carbons (Fsp3) is 0.0952. The Morgan fingerprint density at radius 3 is 2.38 bits per heavy atom.